The van der Waals surface area contributed by atoms with Crippen molar-refractivity contribution in [3.63, 3.8) is 0 Å². The van der Waals surface area contributed by atoms with Crippen molar-refractivity contribution in [3.05, 3.63) is 44.4 Å². The molecule has 0 heterocycles. The molecule has 0 amide bonds. The Morgan fingerprint density at radius 1 is 0.708 bits per heavy atom. The van der Waals surface area contributed by atoms with Gasteiger partial charge in [-0.05, 0) is 48.9 Å². The molecule has 0 saturated heterocycles. The third-order valence-corrected chi connectivity index (χ3v) is 5.32. The summed E-state index contributed by atoms with van der Waals surface area (Å²) >= 11 is 12.6. The van der Waals surface area contributed by atoms with Gasteiger partial charge >= 0.3 is 0 Å². The molecule has 2 aromatic carbocycles. The zero-order valence-corrected chi connectivity index (χ0v) is 16.5. The standard InChI is InChI=1S/C20H24Cl2O2/c1-9(2)13-7-15(21)11(5)19(23)17(13)18-14(10(3)4)8-16(22)12(6)20(18)24/h7-10,23-24H,1-6H3. The second-order valence-electron chi connectivity index (χ2n) is 6.90. The smallest absolute Gasteiger partial charge is 0.128 e. The molecule has 2 rings (SSSR count). The van der Waals surface area contributed by atoms with Crippen molar-refractivity contribution in [3.8, 4) is 22.6 Å². The summed E-state index contributed by atoms with van der Waals surface area (Å²) in [5.74, 6) is 0.508. The van der Waals surface area contributed by atoms with Crippen LogP contribution in [0.4, 0.5) is 0 Å². The fraction of sp³-hybridized carbons (Fsp3) is 0.400. The van der Waals surface area contributed by atoms with E-state index in [1.807, 2.05) is 39.8 Å². The minimum absolute atomic E-state index is 0.116. The summed E-state index contributed by atoms with van der Waals surface area (Å²) in [7, 11) is 0. The first kappa shape index (κ1) is 19.0. The van der Waals surface area contributed by atoms with Gasteiger partial charge in [0.2, 0.25) is 0 Å². The fourth-order valence-electron chi connectivity index (χ4n) is 2.94. The SMILES string of the molecule is Cc1c(Cl)cc(C(C)C)c(-c2c(C(C)C)cc(Cl)c(C)c2O)c1O. The van der Waals surface area contributed by atoms with Crippen molar-refractivity contribution >= 4 is 23.2 Å². The van der Waals surface area contributed by atoms with E-state index in [2.05, 4.69) is 0 Å². The second-order valence-corrected chi connectivity index (χ2v) is 7.72. The Hall–Kier alpha value is -1.38. The summed E-state index contributed by atoms with van der Waals surface area (Å²) < 4.78 is 0. The van der Waals surface area contributed by atoms with E-state index in [9.17, 15) is 10.2 Å². The first-order chi connectivity index (χ1) is 11.1. The van der Waals surface area contributed by atoms with Gasteiger partial charge in [0, 0.05) is 32.3 Å². The lowest BCUT2D eigenvalue weighted by atomic mass is 9.84. The predicted octanol–water partition coefficient (Wildman–Crippen LogP) is 6.94. The highest BCUT2D eigenvalue weighted by molar-refractivity contribution is 6.32. The van der Waals surface area contributed by atoms with Gasteiger partial charge in [0.25, 0.3) is 0 Å². The molecule has 0 bridgehead atoms. The Kier molecular flexibility index (Phi) is 5.41. The molecular formula is C20H24Cl2O2. The van der Waals surface area contributed by atoms with Crippen molar-refractivity contribution < 1.29 is 10.2 Å². The van der Waals surface area contributed by atoms with Crippen molar-refractivity contribution in [2.45, 2.75) is 53.4 Å². The highest BCUT2D eigenvalue weighted by Gasteiger charge is 2.25. The molecule has 0 aromatic heterocycles. The normalized spacial score (nSPS) is 11.6. The highest BCUT2D eigenvalue weighted by Crippen LogP contribution is 2.49. The van der Waals surface area contributed by atoms with Crippen LogP contribution < -0.4 is 0 Å². The summed E-state index contributed by atoms with van der Waals surface area (Å²) in [6, 6.07) is 3.76. The average molecular weight is 367 g/mol. The van der Waals surface area contributed by atoms with Crippen LogP contribution in [0.5, 0.6) is 11.5 Å². The minimum Gasteiger partial charge on any atom is -0.507 e. The van der Waals surface area contributed by atoms with Gasteiger partial charge in [0.15, 0.2) is 0 Å². The molecule has 2 nitrogen and oxygen atoms in total. The zero-order valence-electron chi connectivity index (χ0n) is 15.0. The van der Waals surface area contributed by atoms with Crippen LogP contribution in [0.25, 0.3) is 11.1 Å². The molecule has 0 aliphatic carbocycles. The molecule has 0 unspecified atom stereocenters. The Bertz CT molecular complexity index is 726. The molecule has 0 saturated carbocycles. The first-order valence-electron chi connectivity index (χ1n) is 8.12. The number of hydrogen-bond donors (Lipinski definition) is 2. The Morgan fingerprint density at radius 2 is 1.00 bits per heavy atom. The van der Waals surface area contributed by atoms with Crippen LogP contribution in [0, 0.1) is 13.8 Å². The molecule has 2 N–H and O–H groups in total. The van der Waals surface area contributed by atoms with Crippen molar-refractivity contribution in [1.29, 1.82) is 0 Å². The molecule has 0 aliphatic heterocycles. The van der Waals surface area contributed by atoms with Crippen LogP contribution in [-0.4, -0.2) is 10.2 Å². The number of rotatable bonds is 3. The largest absolute Gasteiger partial charge is 0.507 e. The third-order valence-electron chi connectivity index (χ3n) is 4.54. The zero-order chi connectivity index (χ0) is 18.3. The molecule has 24 heavy (non-hydrogen) atoms. The molecule has 0 atom stereocenters. The number of phenolic OH excluding ortho intramolecular Hbond substituents is 2. The van der Waals surface area contributed by atoms with Crippen molar-refractivity contribution in [1.82, 2.24) is 0 Å². The molecule has 130 valence electrons. The summed E-state index contributed by atoms with van der Waals surface area (Å²) in [4.78, 5) is 0. The van der Waals surface area contributed by atoms with Gasteiger partial charge in [0.1, 0.15) is 11.5 Å². The average Bonchev–Trinajstić information content (AvgIpc) is 2.50. The van der Waals surface area contributed by atoms with Gasteiger partial charge in [-0.2, -0.15) is 0 Å². The minimum atomic E-state index is 0.116. The molecule has 0 aliphatic rings. The lowest BCUT2D eigenvalue weighted by molar-refractivity contribution is 0.463. The molecular weight excluding hydrogens is 343 g/mol. The topological polar surface area (TPSA) is 40.5 Å². The predicted molar refractivity (Wildman–Crippen MR) is 103 cm³/mol. The van der Waals surface area contributed by atoms with E-state index in [-0.39, 0.29) is 23.3 Å². The van der Waals surface area contributed by atoms with Gasteiger partial charge in [-0.25, -0.2) is 0 Å². The highest BCUT2D eigenvalue weighted by atomic mass is 35.5. The maximum absolute atomic E-state index is 10.8. The molecule has 0 spiro atoms. The van der Waals surface area contributed by atoms with E-state index in [0.29, 0.717) is 32.3 Å². The monoisotopic (exact) mass is 366 g/mol. The van der Waals surface area contributed by atoms with Crippen molar-refractivity contribution in [2.75, 3.05) is 0 Å². The van der Waals surface area contributed by atoms with Crippen LogP contribution >= 0.6 is 23.2 Å². The van der Waals surface area contributed by atoms with Gasteiger partial charge < -0.3 is 10.2 Å². The van der Waals surface area contributed by atoms with Crippen LogP contribution in [0.2, 0.25) is 10.0 Å². The Morgan fingerprint density at radius 3 is 1.25 bits per heavy atom. The Balaban J connectivity index is 3.02. The van der Waals surface area contributed by atoms with Crippen LogP contribution in [0.15, 0.2) is 12.1 Å². The second kappa shape index (κ2) is 6.85. The maximum atomic E-state index is 10.8. The number of hydrogen-bond acceptors (Lipinski definition) is 2. The van der Waals surface area contributed by atoms with Gasteiger partial charge in [0.05, 0.1) is 0 Å². The Labute approximate surface area is 154 Å². The fourth-order valence-corrected chi connectivity index (χ4v) is 3.36. The lowest BCUT2D eigenvalue weighted by Gasteiger charge is -2.23. The van der Waals surface area contributed by atoms with Crippen molar-refractivity contribution in [2.24, 2.45) is 0 Å². The molecule has 2 aromatic rings. The molecule has 0 fully saturated rings. The van der Waals surface area contributed by atoms with Gasteiger partial charge in [-0.3, -0.25) is 0 Å². The lowest BCUT2D eigenvalue weighted by Crippen LogP contribution is -2.01. The summed E-state index contributed by atoms with van der Waals surface area (Å²) in [5, 5.41) is 22.7. The van der Waals surface area contributed by atoms with E-state index in [4.69, 9.17) is 23.2 Å². The summed E-state index contributed by atoms with van der Waals surface area (Å²) in [5.41, 5.74) is 4.32. The number of halogens is 2. The quantitative estimate of drug-likeness (QED) is 0.617. The van der Waals surface area contributed by atoms with E-state index in [1.165, 1.54) is 0 Å². The third kappa shape index (κ3) is 3.10. The number of aromatic hydroxyl groups is 2. The van der Waals surface area contributed by atoms with Gasteiger partial charge in [-0.15, -0.1) is 0 Å². The number of benzene rings is 2. The first-order valence-corrected chi connectivity index (χ1v) is 8.87. The maximum Gasteiger partial charge on any atom is 0.128 e. The van der Waals surface area contributed by atoms with Crippen LogP contribution in [0.1, 0.15) is 61.8 Å². The summed E-state index contributed by atoms with van der Waals surface area (Å²) in [6.45, 7) is 11.7. The molecule has 0 radical (unpaired) electrons. The van der Waals surface area contributed by atoms with Gasteiger partial charge in [-0.1, -0.05) is 50.9 Å². The van der Waals surface area contributed by atoms with E-state index < -0.39 is 0 Å². The van der Waals surface area contributed by atoms with Crippen LogP contribution in [0.3, 0.4) is 0 Å². The van der Waals surface area contributed by atoms with E-state index >= 15 is 0 Å². The van der Waals surface area contributed by atoms with Crippen LogP contribution in [-0.2, 0) is 0 Å². The molecule has 4 heteroatoms. The van der Waals surface area contributed by atoms with E-state index in [0.717, 1.165) is 11.1 Å². The van der Waals surface area contributed by atoms with E-state index in [1.54, 1.807) is 13.8 Å². The summed E-state index contributed by atoms with van der Waals surface area (Å²) in [6.07, 6.45) is 0. The number of phenols is 2.